The summed E-state index contributed by atoms with van der Waals surface area (Å²) in [6.45, 7) is 6.35. The first kappa shape index (κ1) is 17.5. The lowest BCUT2D eigenvalue weighted by atomic mass is 9.90. The van der Waals surface area contributed by atoms with Gasteiger partial charge in [0.15, 0.2) is 5.82 Å². The van der Waals surface area contributed by atoms with E-state index in [-0.39, 0.29) is 5.54 Å². The van der Waals surface area contributed by atoms with E-state index < -0.39 is 0 Å². The van der Waals surface area contributed by atoms with E-state index >= 15 is 0 Å². The molecule has 1 saturated heterocycles. The minimum atomic E-state index is 0.0298. The molecule has 1 aliphatic carbocycles. The highest BCUT2D eigenvalue weighted by molar-refractivity contribution is 5.93. The summed E-state index contributed by atoms with van der Waals surface area (Å²) in [5.74, 6) is 2.27. The molecule has 3 aromatic rings. The fourth-order valence-electron chi connectivity index (χ4n) is 4.11. The first-order chi connectivity index (χ1) is 13.6. The molecular formula is C22H26N6. The zero-order valence-corrected chi connectivity index (χ0v) is 16.5. The van der Waals surface area contributed by atoms with Crippen LogP contribution in [0.4, 0.5) is 5.82 Å². The Kier molecular flexibility index (Phi) is 4.23. The summed E-state index contributed by atoms with van der Waals surface area (Å²) in [6.07, 6.45) is 10.3. The van der Waals surface area contributed by atoms with E-state index in [1.54, 1.807) is 0 Å². The van der Waals surface area contributed by atoms with Crippen LogP contribution in [0.5, 0.6) is 0 Å². The Morgan fingerprint density at radius 2 is 1.96 bits per heavy atom. The Labute approximate surface area is 165 Å². The van der Waals surface area contributed by atoms with Crippen molar-refractivity contribution in [3.05, 3.63) is 42.0 Å². The second-order valence-electron chi connectivity index (χ2n) is 8.41. The van der Waals surface area contributed by atoms with Gasteiger partial charge in [-0.15, -0.1) is 0 Å². The van der Waals surface area contributed by atoms with Crippen molar-refractivity contribution in [3.8, 4) is 11.4 Å². The molecule has 6 nitrogen and oxygen atoms in total. The molecule has 5 rings (SSSR count). The Morgan fingerprint density at radius 1 is 1.14 bits per heavy atom. The third-order valence-electron chi connectivity index (χ3n) is 5.94. The molecule has 1 aliphatic heterocycles. The number of aryl methyl sites for hydroxylation is 1. The monoisotopic (exact) mass is 374 g/mol. The maximum Gasteiger partial charge on any atom is 0.162 e. The summed E-state index contributed by atoms with van der Waals surface area (Å²) in [5, 5.41) is 8.41. The molecule has 0 radical (unpaired) electrons. The standard InChI is InChI=1S/C22H26N6/c1-14-11-16(5-8-25-14)20-26-18-13-24-12-17(15-3-4-15)19(18)21(27-20)28-22(2)6-9-23-10-7-22/h5,8,11-13,15,23H,3-4,6-7,9-10H2,1-2H3,(H,26,27,28). The summed E-state index contributed by atoms with van der Waals surface area (Å²) in [6, 6.07) is 4.01. The molecule has 0 atom stereocenters. The van der Waals surface area contributed by atoms with Crippen LogP contribution in [0.2, 0.25) is 0 Å². The van der Waals surface area contributed by atoms with Crippen molar-refractivity contribution in [1.29, 1.82) is 0 Å². The van der Waals surface area contributed by atoms with E-state index in [1.807, 2.05) is 37.6 Å². The Morgan fingerprint density at radius 3 is 2.71 bits per heavy atom. The van der Waals surface area contributed by atoms with Crippen LogP contribution in [-0.2, 0) is 0 Å². The maximum absolute atomic E-state index is 5.02. The number of piperidine rings is 1. The number of fused-ring (bicyclic) bond motifs is 1. The maximum atomic E-state index is 5.02. The molecular weight excluding hydrogens is 348 g/mol. The number of nitrogens with zero attached hydrogens (tertiary/aromatic N) is 4. The van der Waals surface area contributed by atoms with E-state index in [0.29, 0.717) is 5.92 Å². The van der Waals surface area contributed by atoms with Crippen molar-refractivity contribution >= 4 is 16.7 Å². The largest absolute Gasteiger partial charge is 0.364 e. The van der Waals surface area contributed by atoms with E-state index in [2.05, 4.69) is 27.5 Å². The number of anilines is 1. The van der Waals surface area contributed by atoms with E-state index in [0.717, 1.165) is 59.7 Å². The van der Waals surface area contributed by atoms with Crippen molar-refractivity contribution in [2.24, 2.45) is 0 Å². The summed E-state index contributed by atoms with van der Waals surface area (Å²) in [7, 11) is 0. The zero-order valence-electron chi connectivity index (χ0n) is 16.5. The number of aromatic nitrogens is 4. The molecule has 28 heavy (non-hydrogen) atoms. The molecule has 144 valence electrons. The molecule has 2 fully saturated rings. The number of pyridine rings is 2. The lowest BCUT2D eigenvalue weighted by Gasteiger charge is -2.36. The van der Waals surface area contributed by atoms with Gasteiger partial charge in [-0.1, -0.05) is 0 Å². The number of hydrogen-bond donors (Lipinski definition) is 2. The Bertz CT molecular complexity index is 1020. The van der Waals surface area contributed by atoms with Crippen LogP contribution in [0.15, 0.2) is 30.7 Å². The van der Waals surface area contributed by atoms with Gasteiger partial charge in [-0.25, -0.2) is 9.97 Å². The van der Waals surface area contributed by atoms with Crippen molar-refractivity contribution in [3.63, 3.8) is 0 Å². The minimum absolute atomic E-state index is 0.0298. The van der Waals surface area contributed by atoms with Crippen LogP contribution in [0.3, 0.4) is 0 Å². The minimum Gasteiger partial charge on any atom is -0.364 e. The second-order valence-corrected chi connectivity index (χ2v) is 8.41. The summed E-state index contributed by atoms with van der Waals surface area (Å²) < 4.78 is 0. The first-order valence-corrected chi connectivity index (χ1v) is 10.2. The first-order valence-electron chi connectivity index (χ1n) is 10.2. The highest BCUT2D eigenvalue weighted by atomic mass is 15.1. The van der Waals surface area contributed by atoms with Crippen LogP contribution in [-0.4, -0.2) is 38.6 Å². The zero-order chi connectivity index (χ0) is 19.1. The lowest BCUT2D eigenvalue weighted by Crippen LogP contribution is -2.45. The van der Waals surface area contributed by atoms with Gasteiger partial charge in [-0.2, -0.15) is 0 Å². The van der Waals surface area contributed by atoms with E-state index in [9.17, 15) is 0 Å². The molecule has 0 unspecified atom stereocenters. The van der Waals surface area contributed by atoms with Gasteiger partial charge in [0.25, 0.3) is 0 Å². The van der Waals surface area contributed by atoms with Crippen LogP contribution in [0.25, 0.3) is 22.3 Å². The molecule has 6 heteroatoms. The fourth-order valence-corrected chi connectivity index (χ4v) is 4.11. The topological polar surface area (TPSA) is 75.6 Å². The van der Waals surface area contributed by atoms with Crippen molar-refractivity contribution in [2.45, 2.75) is 51.0 Å². The highest BCUT2D eigenvalue weighted by Gasteiger charge is 2.31. The highest BCUT2D eigenvalue weighted by Crippen LogP contribution is 2.44. The predicted molar refractivity (Wildman–Crippen MR) is 111 cm³/mol. The third kappa shape index (κ3) is 3.33. The molecule has 4 heterocycles. The van der Waals surface area contributed by atoms with E-state index in [1.165, 1.54) is 18.4 Å². The average Bonchev–Trinajstić information content (AvgIpc) is 3.53. The normalized spacial score (nSPS) is 18.9. The molecule has 2 N–H and O–H groups in total. The SMILES string of the molecule is Cc1cc(-c2nc(NC3(C)CCNCC3)c3c(C4CC4)cncc3n2)ccn1. The number of nitrogens with one attached hydrogen (secondary N) is 2. The van der Waals surface area contributed by atoms with Crippen LogP contribution >= 0.6 is 0 Å². The van der Waals surface area contributed by atoms with Gasteiger partial charge in [0.2, 0.25) is 0 Å². The summed E-state index contributed by atoms with van der Waals surface area (Å²) in [4.78, 5) is 18.7. The molecule has 1 saturated carbocycles. The van der Waals surface area contributed by atoms with Gasteiger partial charge in [0, 0.05) is 34.6 Å². The van der Waals surface area contributed by atoms with Gasteiger partial charge in [-0.05, 0) is 76.2 Å². The predicted octanol–water partition coefficient (Wildman–Crippen LogP) is 3.83. The summed E-state index contributed by atoms with van der Waals surface area (Å²) >= 11 is 0. The lowest BCUT2D eigenvalue weighted by molar-refractivity contribution is 0.364. The number of rotatable bonds is 4. The Hall–Kier alpha value is -2.60. The third-order valence-corrected chi connectivity index (χ3v) is 5.94. The Balaban J connectivity index is 1.67. The van der Waals surface area contributed by atoms with Gasteiger partial charge in [0.1, 0.15) is 5.82 Å². The quantitative estimate of drug-likeness (QED) is 0.723. The number of hydrogen-bond acceptors (Lipinski definition) is 6. The fraction of sp³-hybridized carbons (Fsp3) is 0.455. The molecule has 3 aromatic heterocycles. The van der Waals surface area contributed by atoms with Crippen molar-refractivity contribution in [2.75, 3.05) is 18.4 Å². The smallest absolute Gasteiger partial charge is 0.162 e. The molecule has 0 amide bonds. The molecule has 2 aliphatic rings. The molecule has 0 aromatic carbocycles. The molecule has 0 spiro atoms. The average molecular weight is 374 g/mol. The second kappa shape index (κ2) is 6.78. The molecule has 0 bridgehead atoms. The van der Waals surface area contributed by atoms with Crippen LogP contribution < -0.4 is 10.6 Å². The van der Waals surface area contributed by atoms with Gasteiger partial charge in [-0.3, -0.25) is 9.97 Å². The van der Waals surface area contributed by atoms with Gasteiger partial charge < -0.3 is 10.6 Å². The van der Waals surface area contributed by atoms with Crippen LogP contribution in [0.1, 0.15) is 49.8 Å². The van der Waals surface area contributed by atoms with Crippen molar-refractivity contribution < 1.29 is 0 Å². The van der Waals surface area contributed by atoms with Gasteiger partial charge in [0.05, 0.1) is 11.7 Å². The van der Waals surface area contributed by atoms with Crippen molar-refractivity contribution in [1.82, 2.24) is 25.3 Å². The summed E-state index contributed by atoms with van der Waals surface area (Å²) in [5.41, 5.74) is 4.19. The van der Waals surface area contributed by atoms with Crippen LogP contribution in [0, 0.1) is 6.92 Å². The van der Waals surface area contributed by atoms with Gasteiger partial charge >= 0.3 is 0 Å². The van der Waals surface area contributed by atoms with E-state index in [4.69, 9.17) is 9.97 Å².